The van der Waals surface area contributed by atoms with Crippen molar-refractivity contribution in [3.05, 3.63) is 81.6 Å². The van der Waals surface area contributed by atoms with Crippen LogP contribution in [0.15, 0.2) is 54.7 Å². The third kappa shape index (κ3) is 5.51. The van der Waals surface area contributed by atoms with Crippen molar-refractivity contribution in [1.29, 1.82) is 0 Å². The van der Waals surface area contributed by atoms with E-state index in [2.05, 4.69) is 27.2 Å². The van der Waals surface area contributed by atoms with Crippen LogP contribution in [0.4, 0.5) is 0 Å². The van der Waals surface area contributed by atoms with E-state index in [4.69, 9.17) is 42.6 Å². The lowest BCUT2D eigenvalue weighted by atomic mass is 9.88. The Hall–Kier alpha value is -3.73. The number of hydrogen-bond donors (Lipinski definition) is 2. The Balaban J connectivity index is 1.06. The molecule has 4 aromatic rings. The Morgan fingerprint density at radius 2 is 1.69 bits per heavy atom. The molecule has 1 spiro atoms. The van der Waals surface area contributed by atoms with Gasteiger partial charge in [0.1, 0.15) is 11.4 Å². The van der Waals surface area contributed by atoms with E-state index < -0.39 is 0 Å². The largest absolute Gasteiger partial charge is 0.496 e. The highest BCUT2D eigenvalue weighted by Crippen LogP contribution is 2.45. The van der Waals surface area contributed by atoms with E-state index in [9.17, 15) is 9.90 Å². The predicted octanol–water partition coefficient (Wildman–Crippen LogP) is 5.41. The molecule has 1 atom stereocenters. The first kappa shape index (κ1) is 31.5. The average molecular weight is 687 g/mol. The molecule has 4 heterocycles. The van der Waals surface area contributed by atoms with Crippen molar-refractivity contribution in [1.82, 2.24) is 25.1 Å². The second kappa shape index (κ2) is 12.3. The highest BCUT2D eigenvalue weighted by atomic mass is 35.5. The van der Waals surface area contributed by atoms with Crippen molar-refractivity contribution >= 4 is 29.1 Å². The van der Waals surface area contributed by atoms with Crippen molar-refractivity contribution in [3.63, 3.8) is 0 Å². The fourth-order valence-corrected chi connectivity index (χ4v) is 8.57. The molecule has 3 fully saturated rings. The molecule has 1 unspecified atom stereocenters. The smallest absolute Gasteiger partial charge is 0.237 e. The Kier molecular flexibility index (Phi) is 8.08. The van der Waals surface area contributed by atoms with Crippen molar-refractivity contribution in [2.24, 2.45) is 0 Å². The number of fused-ring (bicyclic) bond motifs is 1. The summed E-state index contributed by atoms with van der Waals surface area (Å²) in [5.41, 5.74) is 7.95. The number of hydrogen-bond acceptors (Lipinski definition) is 8. The highest BCUT2D eigenvalue weighted by Gasteiger charge is 2.47. The number of β-amino-alcohol motifs (C(OH)–C–C–N with tert-alkyl or cyclic N) is 1. The maximum absolute atomic E-state index is 11.7. The third-order valence-corrected chi connectivity index (χ3v) is 11.2. The number of likely N-dealkylation sites (tertiary alicyclic amines) is 2. The number of aromatic nitrogens is 2. The summed E-state index contributed by atoms with van der Waals surface area (Å²) in [4.78, 5) is 25.9. The van der Waals surface area contributed by atoms with E-state index in [1.54, 1.807) is 20.4 Å². The van der Waals surface area contributed by atoms with Crippen LogP contribution in [-0.2, 0) is 24.2 Å². The SMILES string of the molecule is COc1cc(-c2cccc(-c3cccc(-c4cnc(CN5CC6(CCC(=O)N6)C5)c(OC)n4)c3Cl)c2Cl)cc2c1CC(N1CC(O)C1)C2. The molecule has 1 aromatic heterocycles. The Morgan fingerprint density at radius 1 is 0.979 bits per heavy atom. The van der Waals surface area contributed by atoms with Gasteiger partial charge in [0.2, 0.25) is 11.8 Å². The van der Waals surface area contributed by atoms with Gasteiger partial charge in [-0.1, -0.05) is 65.7 Å². The van der Waals surface area contributed by atoms with E-state index in [1.165, 1.54) is 11.1 Å². The number of methoxy groups -OCH3 is 2. The van der Waals surface area contributed by atoms with E-state index in [-0.39, 0.29) is 17.6 Å². The van der Waals surface area contributed by atoms with Crippen LogP contribution in [0, 0.1) is 0 Å². The molecule has 248 valence electrons. The number of aliphatic hydroxyl groups excluding tert-OH is 1. The van der Waals surface area contributed by atoms with Crippen LogP contribution in [-0.4, -0.2) is 88.9 Å². The minimum absolute atomic E-state index is 0.0982. The fraction of sp³-hybridized carbons (Fsp3) is 0.378. The first-order valence-electron chi connectivity index (χ1n) is 16.4. The molecular formula is C37H37Cl2N5O4. The summed E-state index contributed by atoms with van der Waals surface area (Å²) in [6, 6.07) is 16.5. The number of ether oxygens (including phenoxy) is 2. The molecule has 11 heteroatoms. The van der Waals surface area contributed by atoms with E-state index in [1.807, 2.05) is 36.4 Å². The Bertz CT molecular complexity index is 1920. The van der Waals surface area contributed by atoms with Gasteiger partial charge in [-0.3, -0.25) is 19.6 Å². The van der Waals surface area contributed by atoms with Crippen LogP contribution in [0.5, 0.6) is 11.6 Å². The maximum Gasteiger partial charge on any atom is 0.237 e. The van der Waals surface area contributed by atoms with Crippen molar-refractivity contribution in [2.45, 2.75) is 49.9 Å². The number of amides is 1. The molecule has 4 aliphatic rings. The number of nitrogens with one attached hydrogen (secondary N) is 1. The Labute approximate surface area is 289 Å². The van der Waals surface area contributed by atoms with Crippen LogP contribution in [0.1, 0.15) is 29.7 Å². The molecule has 48 heavy (non-hydrogen) atoms. The first-order valence-corrected chi connectivity index (χ1v) is 17.1. The molecule has 8 rings (SSSR count). The zero-order valence-electron chi connectivity index (χ0n) is 26.9. The maximum atomic E-state index is 11.7. The molecular weight excluding hydrogens is 649 g/mol. The number of carbonyl (C=O) groups is 1. The summed E-state index contributed by atoms with van der Waals surface area (Å²) >= 11 is 14.3. The van der Waals surface area contributed by atoms with Gasteiger partial charge in [0.05, 0.1) is 47.8 Å². The lowest BCUT2D eigenvalue weighted by molar-refractivity contribution is -0.120. The van der Waals surface area contributed by atoms with Gasteiger partial charge in [-0.05, 0) is 42.0 Å². The van der Waals surface area contributed by atoms with E-state index in [0.29, 0.717) is 40.6 Å². The van der Waals surface area contributed by atoms with Crippen LogP contribution >= 0.6 is 23.2 Å². The van der Waals surface area contributed by atoms with Gasteiger partial charge >= 0.3 is 0 Å². The minimum atomic E-state index is -0.223. The average Bonchev–Trinajstić information content (AvgIpc) is 3.67. The van der Waals surface area contributed by atoms with Gasteiger partial charge in [-0.15, -0.1) is 0 Å². The second-order valence-corrected chi connectivity index (χ2v) is 14.3. The fourth-order valence-electron chi connectivity index (χ4n) is 7.90. The van der Waals surface area contributed by atoms with Gasteiger partial charge < -0.3 is 19.9 Å². The van der Waals surface area contributed by atoms with Gasteiger partial charge in [-0.2, -0.15) is 0 Å². The summed E-state index contributed by atoms with van der Waals surface area (Å²) in [6.45, 7) is 3.62. The minimum Gasteiger partial charge on any atom is -0.496 e. The predicted molar refractivity (Wildman–Crippen MR) is 186 cm³/mol. The van der Waals surface area contributed by atoms with E-state index >= 15 is 0 Å². The number of rotatable bonds is 8. The standard InChI is InChI=1S/C37H37Cl2N5O4/c1-47-32-13-22(11-21-12-23(14-29(21)32)44-16-24(45)17-44)25-5-3-6-26(34(25)38)27-7-4-8-28(35(27)39)30-15-40-31(36(41-30)48-2)18-43-19-37(20-43)10-9-33(46)42-37/h3-8,11,13,15,23-24,45H,9-10,12,14,16-20H2,1-2H3,(H,42,46). The summed E-state index contributed by atoms with van der Waals surface area (Å²) in [5, 5.41) is 14.1. The summed E-state index contributed by atoms with van der Waals surface area (Å²) < 4.78 is 11.5. The number of benzene rings is 3. The molecule has 3 saturated heterocycles. The lowest BCUT2D eigenvalue weighted by Gasteiger charge is -2.47. The lowest BCUT2D eigenvalue weighted by Crippen LogP contribution is -2.66. The van der Waals surface area contributed by atoms with E-state index in [0.717, 1.165) is 84.7 Å². The molecule has 2 N–H and O–H groups in total. The van der Waals surface area contributed by atoms with Gasteiger partial charge in [0.25, 0.3) is 0 Å². The Morgan fingerprint density at radius 3 is 2.35 bits per heavy atom. The quantitative estimate of drug-likeness (QED) is 0.254. The highest BCUT2D eigenvalue weighted by molar-refractivity contribution is 6.39. The van der Waals surface area contributed by atoms with Crippen LogP contribution in [0.25, 0.3) is 33.5 Å². The molecule has 1 aliphatic carbocycles. The van der Waals surface area contributed by atoms with Gasteiger partial charge in [0, 0.05) is 67.4 Å². The normalized spacial score (nSPS) is 20.4. The summed E-state index contributed by atoms with van der Waals surface area (Å²) in [6.07, 6.45) is 4.81. The molecule has 1 amide bonds. The van der Waals surface area contributed by atoms with Gasteiger partial charge in [0.15, 0.2) is 0 Å². The molecule has 9 nitrogen and oxygen atoms in total. The van der Waals surface area contributed by atoms with Crippen LogP contribution < -0.4 is 14.8 Å². The van der Waals surface area contributed by atoms with Gasteiger partial charge in [-0.25, -0.2) is 4.98 Å². The first-order chi connectivity index (χ1) is 23.2. The van der Waals surface area contributed by atoms with Crippen molar-refractivity contribution in [3.8, 4) is 45.1 Å². The zero-order valence-corrected chi connectivity index (χ0v) is 28.4. The molecule has 0 bridgehead atoms. The van der Waals surface area contributed by atoms with Crippen LogP contribution in [0.2, 0.25) is 10.0 Å². The zero-order chi connectivity index (χ0) is 33.2. The third-order valence-electron chi connectivity index (χ3n) is 10.4. The topological polar surface area (TPSA) is 100 Å². The number of nitrogens with zero attached hydrogens (tertiary/aromatic N) is 4. The number of carbonyl (C=O) groups excluding carboxylic acids is 1. The molecule has 3 aromatic carbocycles. The monoisotopic (exact) mass is 685 g/mol. The number of aliphatic hydroxyl groups is 1. The molecule has 0 saturated carbocycles. The molecule has 3 aliphatic heterocycles. The number of halogens is 2. The summed E-state index contributed by atoms with van der Waals surface area (Å²) in [5.74, 6) is 1.44. The summed E-state index contributed by atoms with van der Waals surface area (Å²) in [7, 11) is 3.31. The van der Waals surface area contributed by atoms with Crippen molar-refractivity contribution in [2.75, 3.05) is 40.4 Å². The second-order valence-electron chi connectivity index (χ2n) is 13.5. The van der Waals surface area contributed by atoms with Crippen LogP contribution in [0.3, 0.4) is 0 Å². The molecule has 0 radical (unpaired) electrons. The van der Waals surface area contributed by atoms with Crippen molar-refractivity contribution < 1.29 is 19.4 Å².